The second-order valence-electron chi connectivity index (χ2n) is 6.86. The first kappa shape index (κ1) is 12.0. The highest BCUT2D eigenvalue weighted by molar-refractivity contribution is 9.11. The van der Waals surface area contributed by atoms with Crippen molar-refractivity contribution < 1.29 is 0 Å². The zero-order valence-corrected chi connectivity index (χ0v) is 13.6. The average Bonchev–Trinajstić information content (AvgIpc) is 2.25. The fourth-order valence-electron chi connectivity index (χ4n) is 5.32. The Balaban J connectivity index is 1.79. The van der Waals surface area contributed by atoms with Crippen LogP contribution < -0.4 is 0 Å². The van der Waals surface area contributed by atoms with E-state index in [-0.39, 0.29) is 0 Å². The number of hydrogen-bond acceptors (Lipinski definition) is 0. The first-order valence-corrected chi connectivity index (χ1v) is 8.68. The van der Waals surface area contributed by atoms with Gasteiger partial charge in [-0.2, -0.15) is 0 Å². The van der Waals surface area contributed by atoms with Crippen molar-refractivity contribution in [2.45, 2.75) is 43.9 Å². The van der Waals surface area contributed by atoms with E-state index in [1.54, 1.807) is 5.56 Å². The van der Waals surface area contributed by atoms with E-state index in [9.17, 15) is 0 Å². The molecule has 0 unspecified atom stereocenters. The summed E-state index contributed by atoms with van der Waals surface area (Å²) in [6, 6.07) is 6.90. The summed E-state index contributed by atoms with van der Waals surface area (Å²) in [5.74, 6) is 3.07. The van der Waals surface area contributed by atoms with Crippen LogP contribution in [0, 0.1) is 17.8 Å². The van der Waals surface area contributed by atoms with Crippen LogP contribution in [0.1, 0.15) is 44.1 Å². The van der Waals surface area contributed by atoms with Gasteiger partial charge in [0.1, 0.15) is 0 Å². The molecule has 0 saturated heterocycles. The second-order valence-corrected chi connectivity index (χ2v) is 8.69. The summed E-state index contributed by atoms with van der Waals surface area (Å²) in [6.45, 7) is 0. The molecule has 2 heteroatoms. The van der Waals surface area contributed by atoms with E-state index in [0.29, 0.717) is 5.41 Å². The van der Waals surface area contributed by atoms with E-state index < -0.39 is 0 Å². The zero-order valence-electron chi connectivity index (χ0n) is 10.5. The maximum atomic E-state index is 3.66. The van der Waals surface area contributed by atoms with Gasteiger partial charge in [-0.25, -0.2) is 0 Å². The summed E-state index contributed by atoms with van der Waals surface area (Å²) in [7, 11) is 0. The molecule has 0 spiro atoms. The highest BCUT2D eigenvalue weighted by Crippen LogP contribution is 2.60. The molecule has 0 nitrogen and oxygen atoms in total. The molecular weight excluding hydrogens is 352 g/mol. The lowest BCUT2D eigenvalue weighted by molar-refractivity contribution is -0.00523. The smallest absolute Gasteiger partial charge is 0.0189 e. The van der Waals surface area contributed by atoms with Gasteiger partial charge >= 0.3 is 0 Å². The predicted octanol–water partition coefficient (Wildman–Crippen LogP) is 5.68. The molecule has 0 atom stereocenters. The van der Waals surface area contributed by atoms with Crippen LogP contribution >= 0.6 is 31.9 Å². The van der Waals surface area contributed by atoms with Crippen molar-refractivity contribution in [2.75, 3.05) is 0 Å². The molecule has 0 heterocycles. The lowest BCUT2D eigenvalue weighted by atomic mass is 9.48. The third-order valence-electron chi connectivity index (χ3n) is 5.51. The molecule has 4 fully saturated rings. The number of halogens is 2. The second kappa shape index (κ2) is 4.09. The lowest BCUT2D eigenvalue weighted by Gasteiger charge is -2.57. The Hall–Kier alpha value is 0.180. The molecule has 0 radical (unpaired) electrons. The zero-order chi connectivity index (χ0) is 12.3. The van der Waals surface area contributed by atoms with E-state index >= 15 is 0 Å². The third-order valence-corrected chi connectivity index (χ3v) is 6.43. The lowest BCUT2D eigenvalue weighted by Crippen LogP contribution is -2.48. The third kappa shape index (κ3) is 1.83. The van der Waals surface area contributed by atoms with Crippen LogP contribution in [-0.4, -0.2) is 0 Å². The van der Waals surface area contributed by atoms with Gasteiger partial charge in [0.25, 0.3) is 0 Å². The molecule has 1 aromatic carbocycles. The summed E-state index contributed by atoms with van der Waals surface area (Å²) in [4.78, 5) is 0. The average molecular weight is 370 g/mol. The molecule has 4 aliphatic rings. The SMILES string of the molecule is Brc1cc(Br)cc(C23CC4CC(CC(C4)C2)C3)c1. The molecule has 0 aromatic heterocycles. The van der Waals surface area contributed by atoms with Gasteiger partial charge in [-0.3, -0.25) is 0 Å². The minimum atomic E-state index is 0.515. The van der Waals surface area contributed by atoms with Gasteiger partial charge in [0.15, 0.2) is 0 Å². The van der Waals surface area contributed by atoms with Crippen molar-refractivity contribution in [3.8, 4) is 0 Å². The van der Waals surface area contributed by atoms with Crippen LogP contribution in [0.25, 0.3) is 0 Å². The van der Waals surface area contributed by atoms with Crippen molar-refractivity contribution in [2.24, 2.45) is 17.8 Å². The molecule has 4 bridgehead atoms. The largest absolute Gasteiger partial charge is 0.0508 e. The Morgan fingerprint density at radius 2 is 1.22 bits per heavy atom. The van der Waals surface area contributed by atoms with Crippen LogP contribution in [0.15, 0.2) is 27.1 Å². The van der Waals surface area contributed by atoms with E-state index in [0.717, 1.165) is 17.8 Å². The summed E-state index contributed by atoms with van der Waals surface area (Å²) < 4.78 is 2.45. The molecule has 0 amide bonds. The van der Waals surface area contributed by atoms with Crippen molar-refractivity contribution in [3.05, 3.63) is 32.7 Å². The van der Waals surface area contributed by atoms with E-state index in [1.807, 2.05) is 0 Å². The fraction of sp³-hybridized carbons (Fsp3) is 0.625. The minimum Gasteiger partial charge on any atom is -0.0508 e. The van der Waals surface area contributed by atoms with Crippen molar-refractivity contribution in [1.29, 1.82) is 0 Å². The Kier molecular flexibility index (Phi) is 2.71. The molecule has 1 aromatic rings. The Morgan fingerprint density at radius 3 is 1.67 bits per heavy atom. The predicted molar refractivity (Wildman–Crippen MR) is 81.7 cm³/mol. The molecule has 4 saturated carbocycles. The topological polar surface area (TPSA) is 0 Å². The maximum absolute atomic E-state index is 3.66. The van der Waals surface area contributed by atoms with Gasteiger partial charge in [0, 0.05) is 8.95 Å². The van der Waals surface area contributed by atoms with E-state index in [2.05, 4.69) is 50.1 Å². The molecule has 96 valence electrons. The standard InChI is InChI=1S/C16H18Br2/c17-14-4-13(5-15(18)6-14)16-7-10-1-11(8-16)3-12(2-10)9-16/h4-6,10-12H,1-3,7-9H2. The molecule has 5 rings (SSSR count). The van der Waals surface area contributed by atoms with Crippen molar-refractivity contribution >= 4 is 31.9 Å². The number of hydrogen-bond donors (Lipinski definition) is 0. The van der Waals surface area contributed by atoms with Gasteiger partial charge in [-0.1, -0.05) is 31.9 Å². The summed E-state index contributed by atoms with van der Waals surface area (Å²) in [6.07, 6.45) is 8.91. The maximum Gasteiger partial charge on any atom is 0.0189 e. The quantitative estimate of drug-likeness (QED) is 0.597. The van der Waals surface area contributed by atoms with Crippen LogP contribution in [0.3, 0.4) is 0 Å². The Labute approximate surface area is 126 Å². The Bertz CT molecular complexity index is 436. The summed E-state index contributed by atoms with van der Waals surface area (Å²) >= 11 is 7.32. The van der Waals surface area contributed by atoms with E-state index in [1.165, 1.54) is 47.5 Å². The minimum absolute atomic E-state index is 0.515. The van der Waals surface area contributed by atoms with Gasteiger partial charge in [-0.05, 0) is 85.5 Å². The first-order valence-electron chi connectivity index (χ1n) is 7.09. The van der Waals surface area contributed by atoms with Crippen LogP contribution in [0.5, 0.6) is 0 Å². The molecule has 0 N–H and O–H groups in total. The van der Waals surface area contributed by atoms with Gasteiger partial charge in [0.05, 0.1) is 0 Å². The highest BCUT2D eigenvalue weighted by Gasteiger charge is 2.51. The first-order chi connectivity index (χ1) is 8.63. The van der Waals surface area contributed by atoms with Crippen LogP contribution in [0.2, 0.25) is 0 Å². The highest BCUT2D eigenvalue weighted by atomic mass is 79.9. The van der Waals surface area contributed by atoms with Gasteiger partial charge < -0.3 is 0 Å². The number of rotatable bonds is 1. The summed E-state index contributed by atoms with van der Waals surface area (Å²) in [5.41, 5.74) is 2.10. The Morgan fingerprint density at radius 1 is 0.778 bits per heavy atom. The molecular formula is C16H18Br2. The van der Waals surface area contributed by atoms with Crippen molar-refractivity contribution in [1.82, 2.24) is 0 Å². The monoisotopic (exact) mass is 368 g/mol. The molecule has 0 aliphatic heterocycles. The van der Waals surface area contributed by atoms with Crippen molar-refractivity contribution in [3.63, 3.8) is 0 Å². The molecule has 4 aliphatic carbocycles. The van der Waals surface area contributed by atoms with Crippen LogP contribution in [0.4, 0.5) is 0 Å². The molecule has 18 heavy (non-hydrogen) atoms. The van der Waals surface area contributed by atoms with E-state index in [4.69, 9.17) is 0 Å². The fourth-order valence-corrected chi connectivity index (χ4v) is 6.62. The van der Waals surface area contributed by atoms with Gasteiger partial charge in [-0.15, -0.1) is 0 Å². The normalized spacial score (nSPS) is 41.3. The van der Waals surface area contributed by atoms with Gasteiger partial charge in [0.2, 0.25) is 0 Å². The summed E-state index contributed by atoms with van der Waals surface area (Å²) in [5, 5.41) is 0. The van der Waals surface area contributed by atoms with Crippen LogP contribution in [-0.2, 0) is 5.41 Å². The number of benzene rings is 1.